The highest BCUT2D eigenvalue weighted by Crippen LogP contribution is 2.24. The number of aliphatic hydroxyl groups is 1. The van der Waals surface area contributed by atoms with Crippen molar-refractivity contribution in [2.75, 3.05) is 0 Å². The summed E-state index contributed by atoms with van der Waals surface area (Å²) in [6, 6.07) is 9.26. The van der Waals surface area contributed by atoms with Gasteiger partial charge in [-0.05, 0) is 6.07 Å². The molecule has 3 aromatic rings. The molecule has 0 spiro atoms. The molecule has 0 radical (unpaired) electrons. The number of aromatic nitrogens is 2. The van der Waals surface area contributed by atoms with E-state index in [1.54, 1.807) is 16.1 Å². The van der Waals surface area contributed by atoms with E-state index >= 15 is 0 Å². The largest absolute Gasteiger partial charge is 0.376 e. The maximum absolute atomic E-state index is 12.5. The first-order valence-corrected chi connectivity index (χ1v) is 6.71. The molecule has 2 heterocycles. The first kappa shape index (κ1) is 12.5. The highest BCUT2D eigenvalue weighted by atomic mass is 32.1. The number of aliphatic hydroxyl groups excluding tert-OH is 1. The summed E-state index contributed by atoms with van der Waals surface area (Å²) >= 11 is 1.15. The second kappa shape index (κ2) is 4.89. The lowest BCUT2D eigenvalue weighted by Crippen LogP contribution is -2.00. The van der Waals surface area contributed by atoms with Crippen molar-refractivity contribution in [3.05, 3.63) is 52.1 Å². The SMILES string of the molecule is N#Cc1csc(C(=O)c2cn(CO)c3ccccc23)n1. The van der Waals surface area contributed by atoms with Gasteiger partial charge in [0.15, 0.2) is 10.7 Å². The van der Waals surface area contributed by atoms with Gasteiger partial charge in [-0.25, -0.2) is 4.98 Å². The Kier molecular flexibility index (Phi) is 3.06. The van der Waals surface area contributed by atoms with Gasteiger partial charge >= 0.3 is 0 Å². The lowest BCUT2D eigenvalue weighted by Gasteiger charge is -1.97. The smallest absolute Gasteiger partial charge is 0.223 e. The Morgan fingerprint density at radius 3 is 2.95 bits per heavy atom. The monoisotopic (exact) mass is 283 g/mol. The van der Waals surface area contributed by atoms with Crippen molar-refractivity contribution >= 4 is 28.0 Å². The number of hydrogen-bond acceptors (Lipinski definition) is 5. The topological polar surface area (TPSA) is 78.9 Å². The first-order chi connectivity index (χ1) is 9.74. The van der Waals surface area contributed by atoms with E-state index in [0.29, 0.717) is 5.56 Å². The minimum Gasteiger partial charge on any atom is -0.376 e. The van der Waals surface area contributed by atoms with Crippen LogP contribution in [0.1, 0.15) is 21.1 Å². The molecule has 1 aromatic carbocycles. The van der Waals surface area contributed by atoms with Crippen LogP contribution in [-0.2, 0) is 6.73 Å². The van der Waals surface area contributed by atoms with Gasteiger partial charge in [0.1, 0.15) is 12.8 Å². The molecule has 1 N–H and O–H groups in total. The molecule has 5 nitrogen and oxygen atoms in total. The average molecular weight is 283 g/mol. The normalized spacial score (nSPS) is 10.6. The van der Waals surface area contributed by atoms with Crippen LogP contribution in [0.4, 0.5) is 0 Å². The van der Waals surface area contributed by atoms with Gasteiger partial charge in [0.05, 0.1) is 11.1 Å². The number of carbonyl (C=O) groups is 1. The van der Waals surface area contributed by atoms with E-state index in [-0.39, 0.29) is 23.2 Å². The standard InChI is InChI=1S/C14H9N3O2S/c15-5-9-7-20-14(16-9)13(19)11-6-17(8-18)12-4-2-1-3-10(11)12/h1-4,6-7,18H,8H2. The van der Waals surface area contributed by atoms with Crippen molar-refractivity contribution in [3.8, 4) is 6.07 Å². The molecule has 6 heteroatoms. The number of thiazole rings is 1. The molecule has 20 heavy (non-hydrogen) atoms. The van der Waals surface area contributed by atoms with Crippen molar-refractivity contribution in [1.29, 1.82) is 5.26 Å². The molecule has 3 rings (SSSR count). The Bertz CT molecular complexity index is 842. The van der Waals surface area contributed by atoms with Crippen LogP contribution >= 0.6 is 11.3 Å². The van der Waals surface area contributed by atoms with Crippen LogP contribution in [0, 0.1) is 11.3 Å². The van der Waals surface area contributed by atoms with Crippen molar-refractivity contribution in [1.82, 2.24) is 9.55 Å². The van der Waals surface area contributed by atoms with Crippen LogP contribution < -0.4 is 0 Å². The highest BCUT2D eigenvalue weighted by molar-refractivity contribution is 7.12. The van der Waals surface area contributed by atoms with Crippen molar-refractivity contribution in [2.24, 2.45) is 0 Å². The fraction of sp³-hybridized carbons (Fsp3) is 0.0714. The van der Waals surface area contributed by atoms with E-state index in [1.165, 1.54) is 0 Å². The molecule has 0 fully saturated rings. The summed E-state index contributed by atoms with van der Waals surface area (Å²) in [5.74, 6) is -0.236. The quantitative estimate of drug-likeness (QED) is 0.747. The predicted octanol–water partition coefficient (Wildman–Crippen LogP) is 2.15. The zero-order valence-electron chi connectivity index (χ0n) is 10.3. The van der Waals surface area contributed by atoms with Crippen LogP contribution in [-0.4, -0.2) is 20.4 Å². The minimum absolute atomic E-state index is 0.199. The van der Waals surface area contributed by atoms with Gasteiger partial charge in [-0.2, -0.15) is 5.26 Å². The number of para-hydroxylation sites is 1. The predicted molar refractivity (Wildman–Crippen MR) is 74.4 cm³/mol. The summed E-state index contributed by atoms with van der Waals surface area (Å²) < 4.78 is 1.60. The van der Waals surface area contributed by atoms with E-state index in [9.17, 15) is 9.90 Å². The molecule has 98 valence electrons. The third-order valence-electron chi connectivity index (χ3n) is 3.00. The van der Waals surface area contributed by atoms with Crippen LogP contribution in [0.25, 0.3) is 10.9 Å². The number of rotatable bonds is 3. The summed E-state index contributed by atoms with van der Waals surface area (Å²) in [6.07, 6.45) is 1.61. The number of carbonyl (C=O) groups excluding carboxylic acids is 1. The number of benzene rings is 1. The van der Waals surface area contributed by atoms with Gasteiger partial charge in [0.2, 0.25) is 5.78 Å². The Morgan fingerprint density at radius 1 is 1.45 bits per heavy atom. The van der Waals surface area contributed by atoms with E-state index in [1.807, 2.05) is 30.3 Å². The van der Waals surface area contributed by atoms with Gasteiger partial charge in [-0.1, -0.05) is 18.2 Å². The molecule has 0 aliphatic rings. The molecular weight excluding hydrogens is 274 g/mol. The van der Waals surface area contributed by atoms with Gasteiger partial charge in [0, 0.05) is 17.0 Å². The molecule has 0 aliphatic heterocycles. The molecule has 2 aromatic heterocycles. The van der Waals surface area contributed by atoms with Crippen LogP contribution in [0.15, 0.2) is 35.8 Å². The Hall–Kier alpha value is -2.49. The molecule has 0 unspecified atom stereocenters. The molecule has 0 amide bonds. The zero-order chi connectivity index (χ0) is 14.1. The lowest BCUT2D eigenvalue weighted by molar-refractivity contribution is 0.103. The second-order valence-electron chi connectivity index (χ2n) is 4.15. The summed E-state index contributed by atoms with van der Waals surface area (Å²) in [6.45, 7) is -0.199. The molecule has 0 atom stereocenters. The maximum Gasteiger partial charge on any atom is 0.223 e. The van der Waals surface area contributed by atoms with E-state index in [2.05, 4.69) is 4.98 Å². The third-order valence-corrected chi connectivity index (χ3v) is 3.84. The van der Waals surface area contributed by atoms with E-state index in [0.717, 1.165) is 22.2 Å². The summed E-state index contributed by atoms with van der Waals surface area (Å²) in [5, 5.41) is 20.7. The summed E-state index contributed by atoms with van der Waals surface area (Å²) in [4.78, 5) is 16.4. The zero-order valence-corrected chi connectivity index (χ0v) is 11.1. The Labute approximate surface area is 118 Å². The summed E-state index contributed by atoms with van der Waals surface area (Å²) in [5.41, 5.74) is 1.51. The average Bonchev–Trinajstić information content (AvgIpc) is 3.11. The van der Waals surface area contributed by atoms with Gasteiger partial charge < -0.3 is 9.67 Å². The van der Waals surface area contributed by atoms with Crippen LogP contribution in [0.3, 0.4) is 0 Å². The fourth-order valence-electron chi connectivity index (χ4n) is 2.09. The fourth-order valence-corrected chi connectivity index (χ4v) is 2.79. The number of ketones is 1. The number of hydrogen-bond donors (Lipinski definition) is 1. The summed E-state index contributed by atoms with van der Waals surface area (Å²) in [7, 11) is 0. The molecule has 0 saturated carbocycles. The third kappa shape index (κ3) is 1.90. The van der Waals surface area contributed by atoms with Crippen molar-refractivity contribution in [3.63, 3.8) is 0 Å². The molecule has 0 bridgehead atoms. The van der Waals surface area contributed by atoms with Crippen molar-refractivity contribution < 1.29 is 9.90 Å². The molecule has 0 saturated heterocycles. The Morgan fingerprint density at radius 2 is 2.25 bits per heavy atom. The van der Waals surface area contributed by atoms with Gasteiger partial charge in [-0.15, -0.1) is 11.3 Å². The van der Waals surface area contributed by atoms with Crippen LogP contribution in [0.2, 0.25) is 0 Å². The first-order valence-electron chi connectivity index (χ1n) is 5.83. The minimum atomic E-state index is -0.236. The number of nitriles is 1. The number of nitrogens with zero attached hydrogens (tertiary/aromatic N) is 3. The number of fused-ring (bicyclic) bond motifs is 1. The van der Waals surface area contributed by atoms with Crippen LogP contribution in [0.5, 0.6) is 0 Å². The highest BCUT2D eigenvalue weighted by Gasteiger charge is 2.19. The lowest BCUT2D eigenvalue weighted by atomic mass is 10.1. The van der Waals surface area contributed by atoms with Crippen molar-refractivity contribution in [2.45, 2.75) is 6.73 Å². The molecule has 0 aliphatic carbocycles. The van der Waals surface area contributed by atoms with E-state index in [4.69, 9.17) is 5.26 Å². The van der Waals surface area contributed by atoms with Gasteiger partial charge in [0.25, 0.3) is 0 Å². The second-order valence-corrected chi connectivity index (χ2v) is 5.01. The van der Waals surface area contributed by atoms with Gasteiger partial charge in [-0.3, -0.25) is 4.79 Å². The molecular formula is C14H9N3O2S. The Balaban J connectivity index is 2.14. The maximum atomic E-state index is 12.5. The van der Waals surface area contributed by atoms with E-state index < -0.39 is 0 Å².